The number of pyridine rings is 1. The smallest absolute Gasteiger partial charge is 0.126 e. The van der Waals surface area contributed by atoms with E-state index in [1.807, 2.05) is 24.5 Å². The van der Waals surface area contributed by atoms with Crippen molar-refractivity contribution in [3.63, 3.8) is 0 Å². The molecule has 0 saturated carbocycles. The summed E-state index contributed by atoms with van der Waals surface area (Å²) in [5.74, 6) is 1.06. The molecule has 0 radical (unpaired) electrons. The molecule has 2 heterocycles. The highest BCUT2D eigenvalue weighted by Gasteiger charge is 2.13. The first-order valence-electron chi connectivity index (χ1n) is 7.21. The molecule has 0 aliphatic rings. The van der Waals surface area contributed by atoms with E-state index in [9.17, 15) is 0 Å². The number of aryl methyl sites for hydroxylation is 2. The highest BCUT2D eigenvalue weighted by molar-refractivity contribution is 5.75. The van der Waals surface area contributed by atoms with Gasteiger partial charge < -0.3 is 9.88 Å². The average molecular weight is 280 g/mol. The van der Waals surface area contributed by atoms with E-state index in [1.54, 1.807) is 0 Å². The Kier molecular flexibility index (Phi) is 3.71. The van der Waals surface area contributed by atoms with Crippen LogP contribution in [-0.2, 0) is 13.6 Å². The molecule has 0 bridgehead atoms. The minimum Gasteiger partial charge on any atom is -0.330 e. The molecule has 0 aliphatic carbocycles. The number of para-hydroxylation sites is 2. The van der Waals surface area contributed by atoms with Crippen molar-refractivity contribution in [1.82, 2.24) is 19.9 Å². The predicted octanol–water partition coefficient (Wildman–Crippen LogP) is 3.13. The topological polar surface area (TPSA) is 42.7 Å². The van der Waals surface area contributed by atoms with E-state index in [2.05, 4.69) is 54.0 Å². The normalized spacial score (nSPS) is 12.7. The second-order valence-electron chi connectivity index (χ2n) is 5.42. The monoisotopic (exact) mass is 280 g/mol. The summed E-state index contributed by atoms with van der Waals surface area (Å²) in [5, 5.41) is 3.55. The van der Waals surface area contributed by atoms with E-state index in [0.29, 0.717) is 0 Å². The van der Waals surface area contributed by atoms with E-state index in [4.69, 9.17) is 4.98 Å². The van der Waals surface area contributed by atoms with Gasteiger partial charge in [0, 0.05) is 26.0 Å². The van der Waals surface area contributed by atoms with Gasteiger partial charge in [-0.2, -0.15) is 0 Å². The number of aromatic nitrogens is 3. The number of nitrogens with zero attached hydrogens (tertiary/aromatic N) is 3. The van der Waals surface area contributed by atoms with Gasteiger partial charge in [-0.25, -0.2) is 4.98 Å². The summed E-state index contributed by atoms with van der Waals surface area (Å²) in [7, 11) is 2.07. The van der Waals surface area contributed by atoms with Crippen molar-refractivity contribution in [2.75, 3.05) is 0 Å². The zero-order valence-electron chi connectivity index (χ0n) is 12.7. The quantitative estimate of drug-likeness (QED) is 0.798. The molecule has 108 valence electrons. The molecule has 0 amide bonds. The molecule has 1 aromatic carbocycles. The number of rotatable bonds is 4. The van der Waals surface area contributed by atoms with Crippen molar-refractivity contribution < 1.29 is 0 Å². The predicted molar refractivity (Wildman–Crippen MR) is 84.9 cm³/mol. The van der Waals surface area contributed by atoms with Crippen LogP contribution in [0, 0.1) is 6.92 Å². The van der Waals surface area contributed by atoms with E-state index >= 15 is 0 Å². The third-order valence-corrected chi connectivity index (χ3v) is 3.94. The van der Waals surface area contributed by atoms with E-state index in [1.165, 1.54) is 16.6 Å². The van der Waals surface area contributed by atoms with Crippen LogP contribution in [0.15, 0.2) is 42.7 Å². The number of imidazole rings is 1. The minimum atomic E-state index is 0.190. The fourth-order valence-corrected chi connectivity index (χ4v) is 2.61. The van der Waals surface area contributed by atoms with Crippen LogP contribution >= 0.6 is 0 Å². The van der Waals surface area contributed by atoms with E-state index in [0.717, 1.165) is 17.9 Å². The van der Waals surface area contributed by atoms with Gasteiger partial charge in [0.25, 0.3) is 0 Å². The van der Waals surface area contributed by atoms with Gasteiger partial charge in [0.2, 0.25) is 0 Å². The van der Waals surface area contributed by atoms with Gasteiger partial charge in [0.1, 0.15) is 5.82 Å². The van der Waals surface area contributed by atoms with Crippen molar-refractivity contribution in [3.8, 4) is 0 Å². The van der Waals surface area contributed by atoms with Gasteiger partial charge in [-0.05, 0) is 43.2 Å². The molecule has 2 aromatic heterocycles. The van der Waals surface area contributed by atoms with Gasteiger partial charge >= 0.3 is 0 Å². The lowest BCUT2D eigenvalue weighted by molar-refractivity contribution is 0.532. The molecule has 3 aromatic rings. The summed E-state index contributed by atoms with van der Waals surface area (Å²) >= 11 is 0. The maximum Gasteiger partial charge on any atom is 0.126 e. The van der Waals surface area contributed by atoms with Crippen molar-refractivity contribution in [3.05, 3.63) is 59.7 Å². The van der Waals surface area contributed by atoms with Gasteiger partial charge in [-0.3, -0.25) is 4.98 Å². The third kappa shape index (κ3) is 2.67. The van der Waals surface area contributed by atoms with Crippen LogP contribution in [0.2, 0.25) is 0 Å². The number of nitrogens with one attached hydrogen (secondary N) is 1. The van der Waals surface area contributed by atoms with Crippen LogP contribution < -0.4 is 5.32 Å². The molecule has 0 fully saturated rings. The van der Waals surface area contributed by atoms with Crippen molar-refractivity contribution in [2.45, 2.75) is 26.4 Å². The van der Waals surface area contributed by atoms with Gasteiger partial charge in [0.15, 0.2) is 0 Å². The second-order valence-corrected chi connectivity index (χ2v) is 5.42. The van der Waals surface area contributed by atoms with Crippen molar-refractivity contribution in [2.24, 2.45) is 7.05 Å². The van der Waals surface area contributed by atoms with E-state index < -0.39 is 0 Å². The number of hydrogen-bond donors (Lipinski definition) is 1. The lowest BCUT2D eigenvalue weighted by Gasteiger charge is -2.14. The van der Waals surface area contributed by atoms with Crippen molar-refractivity contribution in [1.29, 1.82) is 0 Å². The Morgan fingerprint density at radius 1 is 1.24 bits per heavy atom. The summed E-state index contributed by atoms with van der Waals surface area (Å²) in [5.41, 5.74) is 4.70. The Hall–Kier alpha value is -2.20. The Balaban J connectivity index is 1.80. The van der Waals surface area contributed by atoms with Gasteiger partial charge in [-0.15, -0.1) is 0 Å². The fourth-order valence-electron chi connectivity index (χ4n) is 2.61. The molecular weight excluding hydrogens is 260 g/mol. The molecule has 21 heavy (non-hydrogen) atoms. The molecule has 0 spiro atoms. The Morgan fingerprint density at radius 3 is 2.81 bits per heavy atom. The molecular formula is C17H20N4. The maximum absolute atomic E-state index is 4.74. The zero-order chi connectivity index (χ0) is 14.8. The van der Waals surface area contributed by atoms with Crippen LogP contribution in [0.1, 0.15) is 29.9 Å². The SMILES string of the molecule is Cc1cnccc1CNC(C)c1nc2ccccc2n1C. The first kappa shape index (κ1) is 13.8. The Morgan fingerprint density at radius 2 is 2.05 bits per heavy atom. The Bertz CT molecular complexity index is 760. The maximum atomic E-state index is 4.74. The zero-order valence-corrected chi connectivity index (χ0v) is 12.7. The summed E-state index contributed by atoms with van der Waals surface area (Å²) in [4.78, 5) is 8.86. The highest BCUT2D eigenvalue weighted by atomic mass is 15.1. The molecule has 1 atom stereocenters. The molecule has 0 saturated heterocycles. The van der Waals surface area contributed by atoms with Gasteiger partial charge in [0.05, 0.1) is 17.1 Å². The molecule has 4 heteroatoms. The highest BCUT2D eigenvalue weighted by Crippen LogP contribution is 2.19. The lowest BCUT2D eigenvalue weighted by Crippen LogP contribution is -2.21. The number of benzene rings is 1. The van der Waals surface area contributed by atoms with E-state index in [-0.39, 0.29) is 6.04 Å². The Labute approximate surface area is 124 Å². The summed E-state index contributed by atoms with van der Waals surface area (Å²) < 4.78 is 2.16. The molecule has 3 rings (SSSR count). The average Bonchev–Trinajstić information content (AvgIpc) is 2.84. The van der Waals surface area contributed by atoms with Crippen LogP contribution in [0.3, 0.4) is 0 Å². The largest absolute Gasteiger partial charge is 0.330 e. The molecule has 0 aliphatic heterocycles. The standard InChI is InChI=1S/C17H20N4/c1-12-10-18-9-8-14(12)11-19-13(2)17-20-15-6-4-5-7-16(15)21(17)3/h4-10,13,19H,11H2,1-3H3. The minimum absolute atomic E-state index is 0.190. The summed E-state index contributed by atoms with van der Waals surface area (Å²) in [6.45, 7) is 5.06. The summed E-state index contributed by atoms with van der Waals surface area (Å²) in [6, 6.07) is 10.5. The first-order chi connectivity index (χ1) is 10.2. The second kappa shape index (κ2) is 5.66. The fraction of sp³-hybridized carbons (Fsp3) is 0.294. The molecule has 1 unspecified atom stereocenters. The molecule has 4 nitrogen and oxygen atoms in total. The van der Waals surface area contributed by atoms with Crippen molar-refractivity contribution >= 4 is 11.0 Å². The van der Waals surface area contributed by atoms with Crippen LogP contribution in [0.4, 0.5) is 0 Å². The van der Waals surface area contributed by atoms with Crippen LogP contribution in [-0.4, -0.2) is 14.5 Å². The van der Waals surface area contributed by atoms with Crippen LogP contribution in [0.5, 0.6) is 0 Å². The first-order valence-corrected chi connectivity index (χ1v) is 7.21. The van der Waals surface area contributed by atoms with Crippen LogP contribution in [0.25, 0.3) is 11.0 Å². The van der Waals surface area contributed by atoms with Gasteiger partial charge in [-0.1, -0.05) is 12.1 Å². The summed E-state index contributed by atoms with van der Waals surface area (Å²) in [6.07, 6.45) is 3.74. The lowest BCUT2D eigenvalue weighted by atomic mass is 10.1. The third-order valence-electron chi connectivity index (χ3n) is 3.94. The number of hydrogen-bond acceptors (Lipinski definition) is 3. The molecule has 1 N–H and O–H groups in total. The number of fused-ring (bicyclic) bond motifs is 1.